The number of anilines is 1. The summed E-state index contributed by atoms with van der Waals surface area (Å²) in [6.45, 7) is 3.71. The fraction of sp³-hybridized carbons (Fsp3) is 0.174. The number of nitrogens with one attached hydrogen (secondary N) is 2. The number of ether oxygens (including phenoxy) is 1. The van der Waals surface area contributed by atoms with Crippen molar-refractivity contribution in [3.05, 3.63) is 84.4 Å². The molecule has 0 aliphatic heterocycles. The van der Waals surface area contributed by atoms with E-state index in [1.165, 1.54) is 12.1 Å². The van der Waals surface area contributed by atoms with Gasteiger partial charge in [0, 0.05) is 11.7 Å². The number of carbonyl (C=O) groups excluding carboxylic acids is 1. The van der Waals surface area contributed by atoms with E-state index in [1.54, 1.807) is 55.5 Å². The van der Waals surface area contributed by atoms with Crippen LogP contribution in [0.15, 0.2) is 83.8 Å². The van der Waals surface area contributed by atoms with Crippen molar-refractivity contribution >= 4 is 21.6 Å². The molecule has 0 aliphatic rings. The summed E-state index contributed by atoms with van der Waals surface area (Å²) in [7, 11) is -3.59. The quantitative estimate of drug-likeness (QED) is 0.544. The minimum atomic E-state index is -3.59. The van der Waals surface area contributed by atoms with Gasteiger partial charge in [-0.25, -0.2) is 13.1 Å². The van der Waals surface area contributed by atoms with Crippen LogP contribution in [0.5, 0.6) is 11.5 Å². The second-order valence-corrected chi connectivity index (χ2v) is 8.53. The van der Waals surface area contributed by atoms with Gasteiger partial charge in [-0.3, -0.25) is 4.79 Å². The third kappa shape index (κ3) is 5.46. The molecular formula is C23H24N2O4S. The van der Waals surface area contributed by atoms with Gasteiger partial charge in [-0.1, -0.05) is 37.3 Å². The zero-order valence-corrected chi connectivity index (χ0v) is 17.6. The summed E-state index contributed by atoms with van der Waals surface area (Å²) in [5, 5.41) is 2.78. The van der Waals surface area contributed by atoms with E-state index in [0.717, 1.165) is 0 Å². The topological polar surface area (TPSA) is 84.5 Å². The van der Waals surface area contributed by atoms with Crippen LogP contribution in [0.2, 0.25) is 0 Å². The average Bonchev–Trinajstić information content (AvgIpc) is 2.75. The predicted octanol–water partition coefficient (Wildman–Crippen LogP) is 4.81. The molecule has 7 heteroatoms. The molecular weight excluding hydrogens is 400 g/mol. The highest BCUT2D eigenvalue weighted by atomic mass is 32.2. The van der Waals surface area contributed by atoms with Crippen LogP contribution in [-0.2, 0) is 10.0 Å². The Bertz CT molecular complexity index is 1100. The molecule has 0 spiro atoms. The fourth-order valence-electron chi connectivity index (χ4n) is 2.69. The van der Waals surface area contributed by atoms with Crippen LogP contribution in [0.4, 0.5) is 5.69 Å². The standard InChI is InChI=1S/C23H24N2O4S/c1-3-17(2)25-30(27,28)20-15-13-18(14-16-20)24-23(26)21-11-7-8-12-22(21)29-19-9-5-4-6-10-19/h4-17,25H,3H2,1-2H3,(H,24,26). The maximum absolute atomic E-state index is 12.8. The molecule has 0 saturated carbocycles. The Morgan fingerprint density at radius 1 is 0.933 bits per heavy atom. The van der Waals surface area contributed by atoms with Gasteiger partial charge < -0.3 is 10.1 Å². The van der Waals surface area contributed by atoms with Gasteiger partial charge in [0.25, 0.3) is 5.91 Å². The Morgan fingerprint density at radius 2 is 1.57 bits per heavy atom. The summed E-state index contributed by atoms with van der Waals surface area (Å²) < 4.78 is 33.2. The molecule has 3 aromatic carbocycles. The molecule has 1 amide bonds. The summed E-state index contributed by atoms with van der Waals surface area (Å²) in [5.74, 6) is 0.703. The first kappa shape index (κ1) is 21.5. The molecule has 0 saturated heterocycles. The zero-order valence-electron chi connectivity index (χ0n) is 16.8. The number of amides is 1. The first-order valence-electron chi connectivity index (χ1n) is 9.64. The Morgan fingerprint density at radius 3 is 2.23 bits per heavy atom. The van der Waals surface area contributed by atoms with Crippen molar-refractivity contribution in [3.63, 3.8) is 0 Å². The minimum Gasteiger partial charge on any atom is -0.457 e. The molecule has 1 unspecified atom stereocenters. The molecule has 0 aliphatic carbocycles. The van der Waals surface area contributed by atoms with Crippen molar-refractivity contribution in [3.8, 4) is 11.5 Å². The molecule has 0 aromatic heterocycles. The number of carbonyl (C=O) groups is 1. The molecule has 0 radical (unpaired) electrons. The van der Waals surface area contributed by atoms with Gasteiger partial charge in [0.1, 0.15) is 11.5 Å². The van der Waals surface area contributed by atoms with Gasteiger partial charge >= 0.3 is 0 Å². The molecule has 3 rings (SSSR count). The number of benzene rings is 3. The first-order valence-corrected chi connectivity index (χ1v) is 11.1. The highest BCUT2D eigenvalue weighted by molar-refractivity contribution is 7.89. The molecule has 30 heavy (non-hydrogen) atoms. The molecule has 156 valence electrons. The van der Waals surface area contributed by atoms with E-state index in [0.29, 0.717) is 29.2 Å². The lowest BCUT2D eigenvalue weighted by molar-refractivity contribution is 0.102. The summed E-state index contributed by atoms with van der Waals surface area (Å²) >= 11 is 0. The SMILES string of the molecule is CCC(C)NS(=O)(=O)c1ccc(NC(=O)c2ccccc2Oc2ccccc2)cc1. The molecule has 3 aromatic rings. The van der Waals surface area contributed by atoms with Gasteiger partial charge in [0.05, 0.1) is 10.5 Å². The smallest absolute Gasteiger partial charge is 0.259 e. The van der Waals surface area contributed by atoms with E-state index in [9.17, 15) is 13.2 Å². The lowest BCUT2D eigenvalue weighted by atomic mass is 10.2. The second kappa shape index (κ2) is 9.56. The maximum Gasteiger partial charge on any atom is 0.259 e. The van der Waals surface area contributed by atoms with Crippen molar-refractivity contribution in [1.82, 2.24) is 4.72 Å². The summed E-state index contributed by atoms with van der Waals surface area (Å²) in [4.78, 5) is 12.9. The Balaban J connectivity index is 1.74. The van der Waals surface area contributed by atoms with E-state index >= 15 is 0 Å². The molecule has 6 nitrogen and oxygen atoms in total. The highest BCUT2D eigenvalue weighted by Crippen LogP contribution is 2.26. The van der Waals surface area contributed by atoms with Crippen molar-refractivity contribution in [2.24, 2.45) is 0 Å². The number of hydrogen-bond donors (Lipinski definition) is 2. The van der Waals surface area contributed by atoms with E-state index in [4.69, 9.17) is 4.74 Å². The van der Waals surface area contributed by atoms with Crippen molar-refractivity contribution in [2.45, 2.75) is 31.2 Å². The monoisotopic (exact) mass is 424 g/mol. The summed E-state index contributed by atoms with van der Waals surface area (Å²) in [6.07, 6.45) is 0.692. The molecule has 0 fully saturated rings. The number of sulfonamides is 1. The molecule has 0 bridgehead atoms. The number of rotatable bonds is 8. The van der Waals surface area contributed by atoms with Gasteiger partial charge in [-0.2, -0.15) is 0 Å². The van der Waals surface area contributed by atoms with Gasteiger partial charge in [0.2, 0.25) is 10.0 Å². The zero-order chi connectivity index (χ0) is 21.6. The van der Waals surface area contributed by atoms with Crippen molar-refractivity contribution in [1.29, 1.82) is 0 Å². The maximum atomic E-state index is 12.8. The van der Waals surface area contributed by atoms with E-state index in [1.807, 2.05) is 25.1 Å². The molecule has 1 atom stereocenters. The second-order valence-electron chi connectivity index (χ2n) is 6.82. The Kier molecular flexibility index (Phi) is 6.87. The van der Waals surface area contributed by atoms with Crippen LogP contribution >= 0.6 is 0 Å². The fourth-order valence-corrected chi connectivity index (χ4v) is 4.02. The lowest BCUT2D eigenvalue weighted by Gasteiger charge is -2.13. The van der Waals surface area contributed by atoms with E-state index < -0.39 is 10.0 Å². The Hall–Kier alpha value is -3.16. The van der Waals surface area contributed by atoms with Crippen LogP contribution in [0, 0.1) is 0 Å². The van der Waals surface area contributed by atoms with Crippen LogP contribution in [0.3, 0.4) is 0 Å². The average molecular weight is 425 g/mol. The lowest BCUT2D eigenvalue weighted by Crippen LogP contribution is -2.31. The number of para-hydroxylation sites is 2. The predicted molar refractivity (Wildman–Crippen MR) is 117 cm³/mol. The van der Waals surface area contributed by atoms with E-state index in [-0.39, 0.29) is 16.8 Å². The van der Waals surface area contributed by atoms with Crippen LogP contribution in [-0.4, -0.2) is 20.4 Å². The largest absolute Gasteiger partial charge is 0.457 e. The normalized spacial score (nSPS) is 12.2. The van der Waals surface area contributed by atoms with E-state index in [2.05, 4.69) is 10.0 Å². The Labute approximate surface area is 177 Å². The van der Waals surface area contributed by atoms with Gasteiger partial charge in [-0.15, -0.1) is 0 Å². The third-order valence-electron chi connectivity index (χ3n) is 4.49. The highest BCUT2D eigenvalue weighted by Gasteiger charge is 2.17. The molecule has 2 N–H and O–H groups in total. The summed E-state index contributed by atoms with van der Waals surface area (Å²) in [5.41, 5.74) is 0.855. The third-order valence-corrected chi connectivity index (χ3v) is 6.10. The van der Waals surface area contributed by atoms with Gasteiger partial charge in [-0.05, 0) is 61.9 Å². The first-order chi connectivity index (χ1) is 14.4. The van der Waals surface area contributed by atoms with Crippen LogP contribution in [0.25, 0.3) is 0 Å². The van der Waals surface area contributed by atoms with Crippen LogP contribution < -0.4 is 14.8 Å². The van der Waals surface area contributed by atoms with Crippen LogP contribution in [0.1, 0.15) is 30.6 Å². The number of hydrogen-bond acceptors (Lipinski definition) is 4. The minimum absolute atomic E-state index is 0.147. The summed E-state index contributed by atoms with van der Waals surface area (Å²) in [6, 6.07) is 22.0. The van der Waals surface area contributed by atoms with Crippen molar-refractivity contribution < 1.29 is 17.9 Å². The molecule has 0 heterocycles. The van der Waals surface area contributed by atoms with Gasteiger partial charge in [0.15, 0.2) is 0 Å². The van der Waals surface area contributed by atoms with Crippen molar-refractivity contribution in [2.75, 3.05) is 5.32 Å².